The predicted octanol–water partition coefficient (Wildman–Crippen LogP) is 8.24. The zero-order valence-corrected chi connectivity index (χ0v) is 28.6. The van der Waals surface area contributed by atoms with Crippen LogP contribution in [0.25, 0.3) is 40.3 Å². The molecule has 6 heterocycles. The first-order chi connectivity index (χ1) is 24.8. The zero-order valence-electron chi connectivity index (χ0n) is 26.2. The van der Waals surface area contributed by atoms with Crippen molar-refractivity contribution in [3.63, 3.8) is 0 Å². The van der Waals surface area contributed by atoms with E-state index in [1.54, 1.807) is 11.3 Å². The Kier molecular flexibility index (Phi) is 4.99. The van der Waals surface area contributed by atoms with Crippen LogP contribution < -0.4 is 47.0 Å². The van der Waals surface area contributed by atoms with Crippen molar-refractivity contribution in [2.24, 2.45) is 0 Å². The van der Waals surface area contributed by atoms with Gasteiger partial charge in [-0.3, -0.25) is 0 Å². The molecule has 0 bridgehead atoms. The van der Waals surface area contributed by atoms with Crippen molar-refractivity contribution >= 4 is 121 Å². The van der Waals surface area contributed by atoms with Gasteiger partial charge in [-0.15, -0.1) is 22.7 Å². The number of hydrogen-bond acceptors (Lipinski definition) is 6. The van der Waals surface area contributed by atoms with Crippen LogP contribution in [0.1, 0.15) is 0 Å². The molecule has 7 aromatic carbocycles. The van der Waals surface area contributed by atoms with E-state index in [0.717, 1.165) is 56.3 Å². The lowest BCUT2D eigenvalue weighted by Crippen LogP contribution is -2.61. The van der Waals surface area contributed by atoms with E-state index in [9.17, 15) is 0 Å². The van der Waals surface area contributed by atoms with E-state index in [2.05, 4.69) is 121 Å². The number of rotatable bonds is 0. The van der Waals surface area contributed by atoms with Crippen molar-refractivity contribution < 1.29 is 14.2 Å². The topological polar surface area (TPSA) is 27.7 Å². The predicted molar refractivity (Wildman–Crippen MR) is 212 cm³/mol. The number of hydrogen-bond donors (Lipinski definition) is 0. The Morgan fingerprint density at radius 2 is 1.02 bits per heavy atom. The monoisotopic (exact) mass is 690 g/mol. The number of fused-ring (bicyclic) bond motifs is 16. The lowest BCUT2D eigenvalue weighted by atomic mass is 9.32. The van der Waals surface area contributed by atoms with E-state index in [4.69, 9.17) is 14.2 Å². The fraction of sp³-hybridized carbons (Fsp3) is 0. The first-order valence-electron chi connectivity index (χ1n) is 16.8. The van der Waals surface area contributed by atoms with Gasteiger partial charge in [0.25, 0.3) is 13.4 Å². The van der Waals surface area contributed by atoms with Crippen LogP contribution in [0.4, 0.5) is 0 Å². The molecule has 4 aliphatic heterocycles. The summed E-state index contributed by atoms with van der Waals surface area (Å²) < 4.78 is 25.8. The molecule has 0 amide bonds. The summed E-state index contributed by atoms with van der Waals surface area (Å²) in [5, 5.41) is 5.02. The Bertz CT molecular complexity index is 3020. The first-order valence-corrected chi connectivity index (χ1v) is 19.2. The SMILES string of the molecule is c1ccc2c(c1)Oc1cc3sc4ccccc4c3c3c1B2c1cc2c(cc1O3)Oc1cc3sc4ccccc4c3c3c1B2c1ccccc1S3. The van der Waals surface area contributed by atoms with Crippen molar-refractivity contribution in [3.8, 4) is 34.5 Å². The molecule has 9 aromatic rings. The Hall–Kier alpha value is -5.14. The Morgan fingerprint density at radius 1 is 0.420 bits per heavy atom. The summed E-state index contributed by atoms with van der Waals surface area (Å²) in [6.45, 7) is -0.00625. The first kappa shape index (κ1) is 26.7. The van der Waals surface area contributed by atoms with Crippen LogP contribution in [0.15, 0.2) is 131 Å². The van der Waals surface area contributed by atoms with Crippen LogP contribution in [0, 0.1) is 0 Å². The van der Waals surface area contributed by atoms with Crippen LogP contribution in [0.5, 0.6) is 34.5 Å². The van der Waals surface area contributed by atoms with Crippen molar-refractivity contribution in [1.29, 1.82) is 0 Å². The minimum atomic E-state index is -0.0422. The van der Waals surface area contributed by atoms with Crippen molar-refractivity contribution in [1.82, 2.24) is 0 Å². The fourth-order valence-corrected chi connectivity index (χ4v) is 12.5. The second-order valence-corrected chi connectivity index (χ2v) is 16.7. The highest BCUT2D eigenvalue weighted by atomic mass is 32.2. The molecule has 13 rings (SSSR count). The Morgan fingerprint density at radius 3 is 1.84 bits per heavy atom. The van der Waals surface area contributed by atoms with Gasteiger partial charge < -0.3 is 14.2 Å². The van der Waals surface area contributed by atoms with Crippen LogP contribution in [0.2, 0.25) is 0 Å². The highest BCUT2D eigenvalue weighted by molar-refractivity contribution is 8.00. The normalized spacial score (nSPS) is 14.3. The summed E-state index contributed by atoms with van der Waals surface area (Å²) in [6.07, 6.45) is 0. The summed E-state index contributed by atoms with van der Waals surface area (Å²) >= 11 is 5.52. The molecule has 0 spiro atoms. The van der Waals surface area contributed by atoms with Gasteiger partial charge in [-0.25, -0.2) is 0 Å². The van der Waals surface area contributed by atoms with Crippen LogP contribution in [0.3, 0.4) is 0 Å². The molecular formula is C42H20B2O3S3. The standard InChI is InChI=1S/C42H20B2O3S3/c1-6-14-32-21(9-1)37-35(48-32)19-30-39-41(37)47-29-18-28-25(17-26(29)43(39)23-11-3-5-13-27(23)45-30)44-24-12-4-8-16-34(24)50-42-38-22-10-2-7-15-33(22)49-36(38)20-31(46-28)40(42)44/h1-20H. The summed E-state index contributed by atoms with van der Waals surface area (Å²) in [5.41, 5.74) is 7.20. The second kappa shape index (κ2) is 9.34. The van der Waals surface area contributed by atoms with Gasteiger partial charge in [0.2, 0.25) is 0 Å². The maximum absolute atomic E-state index is 7.10. The van der Waals surface area contributed by atoms with Crippen LogP contribution in [-0.2, 0) is 0 Å². The van der Waals surface area contributed by atoms with Crippen LogP contribution >= 0.6 is 34.4 Å². The van der Waals surface area contributed by atoms with E-state index in [-0.39, 0.29) is 13.4 Å². The molecule has 0 fully saturated rings. The van der Waals surface area contributed by atoms with Gasteiger partial charge in [-0.05, 0) is 58.2 Å². The lowest BCUT2D eigenvalue weighted by Gasteiger charge is -2.37. The minimum Gasteiger partial charge on any atom is -0.458 e. The van der Waals surface area contributed by atoms with Gasteiger partial charge in [0.1, 0.15) is 34.5 Å². The van der Waals surface area contributed by atoms with Gasteiger partial charge in [-0.1, -0.05) is 96.1 Å². The summed E-state index contributed by atoms with van der Waals surface area (Å²) in [7, 11) is 0. The largest absolute Gasteiger partial charge is 0.458 e. The van der Waals surface area contributed by atoms with Gasteiger partial charge in [0.05, 0.1) is 0 Å². The van der Waals surface area contributed by atoms with Crippen molar-refractivity contribution in [3.05, 3.63) is 121 Å². The maximum atomic E-state index is 7.10. The molecule has 0 unspecified atom stereocenters. The molecule has 2 aromatic heterocycles. The lowest BCUT2D eigenvalue weighted by molar-refractivity contribution is 0.460. The molecule has 4 aliphatic rings. The van der Waals surface area contributed by atoms with Gasteiger partial charge in [-0.2, -0.15) is 0 Å². The average molecular weight is 690 g/mol. The number of ether oxygens (including phenoxy) is 3. The molecule has 0 radical (unpaired) electrons. The third-order valence-corrected chi connectivity index (χ3v) is 14.4. The zero-order chi connectivity index (χ0) is 32.2. The van der Waals surface area contributed by atoms with E-state index in [0.29, 0.717) is 0 Å². The van der Waals surface area contributed by atoms with Crippen LogP contribution in [-0.4, -0.2) is 13.4 Å². The molecule has 0 saturated heterocycles. The number of benzene rings is 7. The van der Waals surface area contributed by atoms with Crippen molar-refractivity contribution in [2.45, 2.75) is 9.79 Å². The quantitative estimate of drug-likeness (QED) is 0.150. The molecular weight excluding hydrogens is 670 g/mol. The Balaban J connectivity index is 1.11. The summed E-state index contributed by atoms with van der Waals surface area (Å²) in [6, 6.07) is 43.9. The molecule has 0 aliphatic carbocycles. The van der Waals surface area contributed by atoms with Gasteiger partial charge in [0, 0.05) is 61.7 Å². The smallest absolute Gasteiger partial charge is 0.260 e. The summed E-state index contributed by atoms with van der Waals surface area (Å²) in [5.74, 6) is 5.32. The molecule has 50 heavy (non-hydrogen) atoms. The molecule has 8 heteroatoms. The van der Waals surface area contributed by atoms with Gasteiger partial charge >= 0.3 is 0 Å². The molecule has 0 saturated carbocycles. The third kappa shape index (κ3) is 3.30. The van der Waals surface area contributed by atoms with E-state index < -0.39 is 0 Å². The van der Waals surface area contributed by atoms with Gasteiger partial charge in [0.15, 0.2) is 0 Å². The third-order valence-electron chi connectivity index (χ3n) is 10.9. The minimum absolute atomic E-state index is 0.0359. The highest BCUT2D eigenvalue weighted by Crippen LogP contribution is 2.49. The summed E-state index contributed by atoms with van der Waals surface area (Å²) in [4.78, 5) is 2.62. The molecule has 3 nitrogen and oxygen atoms in total. The fourth-order valence-electron chi connectivity index (χ4n) is 8.88. The molecule has 0 N–H and O–H groups in total. The van der Waals surface area contributed by atoms with E-state index >= 15 is 0 Å². The second-order valence-electron chi connectivity index (χ2n) is 13.5. The maximum Gasteiger partial charge on any atom is 0.260 e. The number of para-hydroxylation sites is 1. The van der Waals surface area contributed by atoms with E-state index in [1.165, 1.54) is 61.1 Å². The Labute approximate surface area is 299 Å². The average Bonchev–Trinajstić information content (AvgIpc) is 3.72. The van der Waals surface area contributed by atoms with Crippen molar-refractivity contribution in [2.75, 3.05) is 0 Å². The number of thiophene rings is 2. The molecule has 0 atom stereocenters. The highest BCUT2D eigenvalue weighted by Gasteiger charge is 2.45. The molecule has 230 valence electrons. The van der Waals surface area contributed by atoms with E-state index in [1.807, 2.05) is 23.1 Å².